The fraction of sp³-hybridized carbons (Fsp3) is 0. The monoisotopic (exact) mass is 1270 g/mol. The highest BCUT2D eigenvalue weighted by Crippen LogP contribution is 2.43. The smallest absolute Gasteiger partial charge is 0.0462 e. The van der Waals surface area contributed by atoms with Crippen molar-refractivity contribution in [2.45, 2.75) is 0 Å². The molecule has 95 heavy (non-hydrogen) atoms. The lowest BCUT2D eigenvalue weighted by Gasteiger charge is -2.26. The van der Waals surface area contributed by atoms with Crippen LogP contribution in [0.1, 0.15) is 0 Å². The first-order valence-corrected chi connectivity index (χ1v) is 33.2. The van der Waals surface area contributed by atoms with Crippen LogP contribution in [-0.2, 0) is 0 Å². The summed E-state index contributed by atoms with van der Waals surface area (Å²) < 4.78 is 1.13. The van der Waals surface area contributed by atoms with Crippen LogP contribution >= 0.6 is 15.9 Å². The zero-order chi connectivity index (χ0) is 63.4. The van der Waals surface area contributed by atoms with Crippen molar-refractivity contribution < 1.29 is 0 Å². The summed E-state index contributed by atoms with van der Waals surface area (Å²) in [6, 6.07) is 135. The van der Waals surface area contributed by atoms with Crippen LogP contribution in [0.2, 0.25) is 0 Å². The van der Waals surface area contributed by atoms with Gasteiger partial charge in [-0.2, -0.15) is 0 Å². The Balaban J connectivity index is 0.000000137. The highest BCUT2D eigenvalue weighted by molar-refractivity contribution is 9.10. The Bertz CT molecular complexity index is 5470. The van der Waals surface area contributed by atoms with Crippen molar-refractivity contribution in [3.05, 3.63) is 381 Å². The van der Waals surface area contributed by atoms with Crippen LogP contribution in [-0.4, -0.2) is 0 Å². The van der Waals surface area contributed by atoms with Gasteiger partial charge in [-0.05, 0) is 228 Å². The van der Waals surface area contributed by atoms with Gasteiger partial charge in [0.25, 0.3) is 0 Å². The number of fused-ring (bicyclic) bond motifs is 12. The molecule has 18 rings (SSSR count). The number of anilines is 5. The van der Waals surface area contributed by atoms with E-state index in [1.807, 2.05) is 30.3 Å². The van der Waals surface area contributed by atoms with Gasteiger partial charge in [-0.1, -0.05) is 295 Å². The molecule has 2 nitrogen and oxygen atoms in total. The molecule has 0 fully saturated rings. The molecule has 0 atom stereocenters. The SMILES string of the molecule is Brc1ccccc1.c1ccc(N(c2ccc(-c3cc4ccccc4c4ccccc34)cc2)c2ccc(-c3cc4ccccc4c4ccccc34)cc2)cc1.c1ccc2c(c1)cc(-c1ccc(Nc3ccc(-c4cc5ccccc5c5ccccc45)cc3)cc1)c1ccccc12. The average molecular weight is 1280 g/mol. The van der Waals surface area contributed by atoms with Crippen molar-refractivity contribution in [1.82, 2.24) is 0 Å². The molecule has 0 radical (unpaired) electrons. The van der Waals surface area contributed by atoms with Crippen LogP contribution < -0.4 is 10.2 Å². The van der Waals surface area contributed by atoms with Gasteiger partial charge in [0, 0.05) is 32.9 Å². The fourth-order valence-corrected chi connectivity index (χ4v) is 14.1. The van der Waals surface area contributed by atoms with Crippen LogP contribution in [0.4, 0.5) is 28.4 Å². The maximum Gasteiger partial charge on any atom is 0.0462 e. The number of halogens is 1. The number of rotatable bonds is 9. The number of para-hydroxylation sites is 1. The summed E-state index contributed by atoms with van der Waals surface area (Å²) in [5.41, 5.74) is 15.4. The Kier molecular flexibility index (Phi) is 15.9. The second-order valence-electron chi connectivity index (χ2n) is 24.1. The maximum atomic E-state index is 3.59. The molecule has 448 valence electrons. The molecular weight excluding hydrogens is 1210 g/mol. The highest BCUT2D eigenvalue weighted by Gasteiger charge is 2.17. The second-order valence-corrected chi connectivity index (χ2v) is 25.0. The van der Waals surface area contributed by atoms with Crippen LogP contribution in [0.3, 0.4) is 0 Å². The van der Waals surface area contributed by atoms with Crippen molar-refractivity contribution in [1.29, 1.82) is 0 Å². The summed E-state index contributed by atoms with van der Waals surface area (Å²) >= 11 is 3.31. The number of nitrogens with one attached hydrogen (secondary N) is 1. The van der Waals surface area contributed by atoms with E-state index >= 15 is 0 Å². The minimum Gasteiger partial charge on any atom is -0.356 e. The summed E-state index contributed by atoms with van der Waals surface area (Å²) in [6.07, 6.45) is 0. The predicted molar refractivity (Wildman–Crippen MR) is 413 cm³/mol. The molecule has 0 bridgehead atoms. The van der Waals surface area contributed by atoms with Gasteiger partial charge in [0.1, 0.15) is 0 Å². The molecular formula is C92H63BrN2. The van der Waals surface area contributed by atoms with E-state index in [0.29, 0.717) is 0 Å². The van der Waals surface area contributed by atoms with E-state index in [2.05, 4.69) is 372 Å². The Hall–Kier alpha value is -11.9. The van der Waals surface area contributed by atoms with Crippen LogP contribution in [0.5, 0.6) is 0 Å². The molecule has 18 aromatic carbocycles. The molecule has 0 aliphatic rings. The summed E-state index contributed by atoms with van der Waals surface area (Å²) in [5.74, 6) is 0. The zero-order valence-corrected chi connectivity index (χ0v) is 53.7. The van der Waals surface area contributed by atoms with Gasteiger partial charge in [-0.25, -0.2) is 0 Å². The molecule has 0 aliphatic carbocycles. The average Bonchev–Trinajstić information content (AvgIpc) is 1.18. The number of nitrogens with zero attached hydrogens (tertiary/aromatic N) is 1. The van der Waals surface area contributed by atoms with Gasteiger partial charge < -0.3 is 10.2 Å². The Morgan fingerprint density at radius 2 is 0.411 bits per heavy atom. The van der Waals surface area contributed by atoms with Crippen molar-refractivity contribution in [3.8, 4) is 44.5 Å². The first-order valence-electron chi connectivity index (χ1n) is 32.4. The molecule has 0 heterocycles. The lowest BCUT2D eigenvalue weighted by Crippen LogP contribution is -2.09. The summed E-state index contributed by atoms with van der Waals surface area (Å²) in [7, 11) is 0. The summed E-state index contributed by atoms with van der Waals surface area (Å²) in [5, 5.41) is 24.1. The maximum absolute atomic E-state index is 3.59. The quantitative estimate of drug-likeness (QED) is 0.145. The van der Waals surface area contributed by atoms with Gasteiger partial charge in [0.15, 0.2) is 0 Å². The van der Waals surface area contributed by atoms with Gasteiger partial charge >= 0.3 is 0 Å². The molecule has 0 spiro atoms. The topological polar surface area (TPSA) is 15.3 Å². The number of benzene rings is 18. The van der Waals surface area contributed by atoms with Gasteiger partial charge in [0.05, 0.1) is 0 Å². The molecule has 0 saturated heterocycles. The fourth-order valence-electron chi connectivity index (χ4n) is 13.8. The number of hydrogen-bond acceptors (Lipinski definition) is 2. The van der Waals surface area contributed by atoms with E-state index in [-0.39, 0.29) is 0 Å². The Morgan fingerprint density at radius 3 is 0.684 bits per heavy atom. The van der Waals surface area contributed by atoms with Gasteiger partial charge in [-0.15, -0.1) is 0 Å². The molecule has 0 saturated carbocycles. The Labute approximate surface area is 562 Å². The van der Waals surface area contributed by atoms with Gasteiger partial charge in [-0.3, -0.25) is 0 Å². The molecule has 0 amide bonds. The third-order valence-corrected chi connectivity index (χ3v) is 18.9. The second kappa shape index (κ2) is 26.0. The molecule has 0 aromatic heterocycles. The molecule has 1 N–H and O–H groups in total. The highest BCUT2D eigenvalue weighted by atomic mass is 79.9. The summed E-state index contributed by atoms with van der Waals surface area (Å²) in [4.78, 5) is 2.34. The molecule has 18 aromatic rings. The largest absolute Gasteiger partial charge is 0.356 e. The lowest BCUT2D eigenvalue weighted by molar-refractivity contribution is 1.28. The van der Waals surface area contributed by atoms with Crippen molar-refractivity contribution in [3.63, 3.8) is 0 Å². The van der Waals surface area contributed by atoms with Gasteiger partial charge in [0.2, 0.25) is 0 Å². The summed E-state index contributed by atoms with van der Waals surface area (Å²) in [6.45, 7) is 0. The minimum atomic E-state index is 1.07. The lowest BCUT2D eigenvalue weighted by atomic mass is 9.93. The van der Waals surface area contributed by atoms with E-state index in [9.17, 15) is 0 Å². The number of hydrogen-bond donors (Lipinski definition) is 1. The van der Waals surface area contributed by atoms with Crippen LogP contribution in [0.15, 0.2) is 381 Å². The first kappa shape index (κ1) is 58.2. The van der Waals surface area contributed by atoms with Crippen LogP contribution in [0, 0.1) is 0 Å². The predicted octanol–water partition coefficient (Wildman–Crippen LogP) is 26.9. The third kappa shape index (κ3) is 11.7. The molecule has 3 heteroatoms. The van der Waals surface area contributed by atoms with E-state index in [1.54, 1.807) is 0 Å². The minimum absolute atomic E-state index is 1.07. The van der Waals surface area contributed by atoms with E-state index in [4.69, 9.17) is 0 Å². The standard InChI is InChI=1S/C46H31N.C40H27N.C6H5Br/c1-2-14-36(15-3-1)47(37-26-22-32(23-27-37)45-30-34-12-4-6-16-39(34)41-18-8-10-20-43(41)45)38-28-24-33(25-29-38)46-31-35-13-5-7-17-40(35)42-19-9-11-21-44(42)46;1-3-11-33-29(9-1)25-39(37-15-7-5-13-35(33)37)27-17-21-31(22-18-27)41-32-23-19-28(20-24-32)40-26-30-10-2-4-12-34(30)36-14-6-8-16-38(36)40;7-6-4-2-1-3-5-6/h1-31H;1-26,41H;1-5H. The van der Waals surface area contributed by atoms with Crippen molar-refractivity contribution in [2.75, 3.05) is 10.2 Å². The normalized spacial score (nSPS) is 11.2. The van der Waals surface area contributed by atoms with E-state index < -0.39 is 0 Å². The third-order valence-electron chi connectivity index (χ3n) is 18.4. The first-order chi connectivity index (χ1) is 47.0. The van der Waals surface area contributed by atoms with Crippen molar-refractivity contribution in [2.24, 2.45) is 0 Å². The van der Waals surface area contributed by atoms with Crippen molar-refractivity contribution >= 4 is 131 Å². The van der Waals surface area contributed by atoms with Crippen LogP contribution in [0.25, 0.3) is 131 Å². The van der Waals surface area contributed by atoms with E-state index in [1.165, 1.54) is 131 Å². The zero-order valence-electron chi connectivity index (χ0n) is 52.1. The molecule has 0 aliphatic heterocycles. The Morgan fingerprint density at radius 1 is 0.189 bits per heavy atom. The molecule has 0 unspecified atom stereocenters. The van der Waals surface area contributed by atoms with E-state index in [0.717, 1.165) is 32.9 Å².